The standard InChI is InChI=1S/C42H72N6O7/c1-14-28(7)37(47(11)42(53)35(26(3)4)45-41(52)36(27(5)6)46(9)10)33(54-12)25-34(49)48-23-19-22-32(48)38(55-13)29(8)39(50)44-31(40(51)43-15-2)24-30-20-17-16-18-21-30/h16-18,20-21,26-29,31-33,35-38H,14-15,19,22-25H2,1-13H3,(H,43,51)(H,44,50)(H,45,52)/t28-,29+,31-,32-,33+,35-,36-,37?,38+/m0/s1. The van der Waals surface area contributed by atoms with Crippen LogP contribution < -0.4 is 16.0 Å². The van der Waals surface area contributed by atoms with Crippen LogP contribution in [-0.4, -0.2) is 135 Å². The van der Waals surface area contributed by atoms with E-state index in [0.29, 0.717) is 25.9 Å². The van der Waals surface area contributed by atoms with Crippen LogP contribution >= 0.6 is 0 Å². The van der Waals surface area contributed by atoms with Crippen molar-refractivity contribution < 1.29 is 33.4 Å². The van der Waals surface area contributed by atoms with E-state index in [0.717, 1.165) is 18.4 Å². The van der Waals surface area contributed by atoms with Gasteiger partial charge in [0.25, 0.3) is 0 Å². The number of hydrogen-bond acceptors (Lipinski definition) is 8. The summed E-state index contributed by atoms with van der Waals surface area (Å²) in [6.45, 7) is 16.4. The van der Waals surface area contributed by atoms with E-state index >= 15 is 0 Å². The number of carbonyl (C=O) groups is 5. The fraction of sp³-hybridized carbons (Fsp3) is 0.738. The first kappa shape index (κ1) is 47.6. The molecule has 0 radical (unpaired) electrons. The fourth-order valence-corrected chi connectivity index (χ4v) is 8.07. The second-order valence-electron chi connectivity index (χ2n) is 16.1. The molecule has 1 aliphatic heterocycles. The molecule has 55 heavy (non-hydrogen) atoms. The molecule has 5 amide bonds. The zero-order valence-corrected chi connectivity index (χ0v) is 35.9. The van der Waals surface area contributed by atoms with Gasteiger partial charge in [-0.1, -0.05) is 85.2 Å². The summed E-state index contributed by atoms with van der Waals surface area (Å²) in [4.78, 5) is 74.0. The van der Waals surface area contributed by atoms with Gasteiger partial charge in [0.05, 0.1) is 42.7 Å². The lowest BCUT2D eigenvalue weighted by Crippen LogP contribution is -2.59. The van der Waals surface area contributed by atoms with E-state index in [1.807, 2.05) is 97.8 Å². The van der Waals surface area contributed by atoms with Gasteiger partial charge in [0.2, 0.25) is 29.5 Å². The van der Waals surface area contributed by atoms with Gasteiger partial charge in [0, 0.05) is 40.8 Å². The predicted molar refractivity (Wildman–Crippen MR) is 216 cm³/mol. The van der Waals surface area contributed by atoms with Gasteiger partial charge in [-0.3, -0.25) is 28.9 Å². The number of amides is 5. The number of ether oxygens (including phenoxy) is 2. The highest BCUT2D eigenvalue weighted by Crippen LogP contribution is 2.30. The number of hydrogen-bond donors (Lipinski definition) is 3. The number of carbonyl (C=O) groups excluding carboxylic acids is 5. The van der Waals surface area contributed by atoms with Crippen molar-refractivity contribution in [2.45, 2.75) is 130 Å². The summed E-state index contributed by atoms with van der Waals surface area (Å²) >= 11 is 0. The molecule has 3 N–H and O–H groups in total. The Balaban J connectivity index is 2.29. The van der Waals surface area contributed by atoms with Crippen LogP contribution in [0.15, 0.2) is 30.3 Å². The van der Waals surface area contributed by atoms with Gasteiger partial charge in [-0.15, -0.1) is 0 Å². The van der Waals surface area contributed by atoms with Crippen LogP contribution in [0.25, 0.3) is 0 Å². The Labute approximate surface area is 331 Å². The molecule has 1 saturated heterocycles. The molecule has 0 bridgehead atoms. The molecule has 1 heterocycles. The van der Waals surface area contributed by atoms with Crippen LogP contribution in [0, 0.1) is 23.7 Å². The molecule has 0 aromatic heterocycles. The van der Waals surface area contributed by atoms with Crippen molar-refractivity contribution in [3.63, 3.8) is 0 Å². The lowest BCUT2D eigenvalue weighted by atomic mass is 9.89. The molecule has 1 aromatic rings. The van der Waals surface area contributed by atoms with Crippen LogP contribution in [-0.2, 0) is 39.9 Å². The minimum absolute atomic E-state index is 0.0156. The van der Waals surface area contributed by atoms with E-state index in [1.165, 1.54) is 0 Å². The maximum atomic E-state index is 14.3. The van der Waals surface area contributed by atoms with Gasteiger partial charge in [-0.2, -0.15) is 0 Å². The van der Waals surface area contributed by atoms with Crippen LogP contribution in [0.2, 0.25) is 0 Å². The molecule has 9 atom stereocenters. The first-order chi connectivity index (χ1) is 25.9. The molecule has 1 fully saturated rings. The Morgan fingerprint density at radius 2 is 1.49 bits per heavy atom. The van der Waals surface area contributed by atoms with Crippen LogP contribution in [0.4, 0.5) is 0 Å². The maximum Gasteiger partial charge on any atom is 0.245 e. The van der Waals surface area contributed by atoms with Crippen molar-refractivity contribution in [2.24, 2.45) is 23.7 Å². The summed E-state index contributed by atoms with van der Waals surface area (Å²) in [6, 6.07) is 6.76. The third-order valence-corrected chi connectivity index (χ3v) is 11.2. The van der Waals surface area contributed by atoms with Gasteiger partial charge in [0.15, 0.2) is 0 Å². The predicted octanol–water partition coefficient (Wildman–Crippen LogP) is 3.50. The maximum absolute atomic E-state index is 14.3. The molecule has 1 unspecified atom stereocenters. The SMILES string of the molecule is CCNC(=O)[C@H](Cc1ccccc1)NC(=O)[C@H](C)[C@@H](OC)[C@@H]1CCCN1C(=O)C[C@@H](OC)C([C@@H](C)CC)N(C)C(=O)[C@@H](NC(=O)[C@H](C(C)C)N(C)C)C(C)C. The molecule has 0 spiro atoms. The monoisotopic (exact) mass is 773 g/mol. The Morgan fingerprint density at radius 1 is 0.855 bits per heavy atom. The van der Waals surface area contributed by atoms with Crippen molar-refractivity contribution in [3.8, 4) is 0 Å². The molecule has 13 heteroatoms. The van der Waals surface area contributed by atoms with Crippen LogP contribution in [0.3, 0.4) is 0 Å². The molecular weight excluding hydrogens is 700 g/mol. The fourth-order valence-electron chi connectivity index (χ4n) is 8.07. The van der Waals surface area contributed by atoms with Gasteiger partial charge >= 0.3 is 0 Å². The number of benzene rings is 1. The summed E-state index contributed by atoms with van der Waals surface area (Å²) in [5.41, 5.74) is 0.923. The van der Waals surface area contributed by atoms with E-state index in [9.17, 15) is 24.0 Å². The molecule has 2 rings (SSSR count). The van der Waals surface area contributed by atoms with Crippen molar-refractivity contribution in [2.75, 3.05) is 48.5 Å². The highest BCUT2D eigenvalue weighted by atomic mass is 16.5. The molecular formula is C42H72N6O7. The van der Waals surface area contributed by atoms with Crippen molar-refractivity contribution in [1.82, 2.24) is 30.7 Å². The second-order valence-corrected chi connectivity index (χ2v) is 16.1. The van der Waals surface area contributed by atoms with Crippen LogP contribution in [0.1, 0.15) is 86.6 Å². The number of likely N-dealkylation sites (N-methyl/N-ethyl adjacent to an activating group) is 3. The Morgan fingerprint density at radius 3 is 2.00 bits per heavy atom. The smallest absolute Gasteiger partial charge is 0.245 e. The summed E-state index contributed by atoms with van der Waals surface area (Å²) in [5, 5.41) is 8.82. The zero-order chi connectivity index (χ0) is 41.6. The Hall–Kier alpha value is -3.55. The zero-order valence-electron chi connectivity index (χ0n) is 35.9. The summed E-state index contributed by atoms with van der Waals surface area (Å²) in [6.07, 6.45) is 1.22. The normalized spacial score (nSPS) is 18.9. The first-order valence-corrected chi connectivity index (χ1v) is 20.2. The molecule has 0 saturated carbocycles. The van der Waals surface area contributed by atoms with E-state index < -0.39 is 42.3 Å². The van der Waals surface area contributed by atoms with E-state index in [4.69, 9.17) is 9.47 Å². The van der Waals surface area contributed by atoms with Gasteiger partial charge in [-0.25, -0.2) is 0 Å². The van der Waals surface area contributed by atoms with Crippen molar-refractivity contribution in [1.29, 1.82) is 0 Å². The van der Waals surface area contributed by atoms with Crippen LogP contribution in [0.5, 0.6) is 0 Å². The average molecular weight is 773 g/mol. The molecule has 1 aliphatic rings. The average Bonchev–Trinajstić information content (AvgIpc) is 3.62. The minimum Gasteiger partial charge on any atom is -0.379 e. The van der Waals surface area contributed by atoms with Crippen molar-refractivity contribution in [3.05, 3.63) is 35.9 Å². The lowest BCUT2D eigenvalue weighted by Gasteiger charge is -2.41. The topological polar surface area (TPSA) is 150 Å². The quantitative estimate of drug-likeness (QED) is 0.162. The first-order valence-electron chi connectivity index (χ1n) is 20.2. The second kappa shape index (κ2) is 22.9. The molecule has 1 aromatic carbocycles. The van der Waals surface area contributed by atoms with Crippen molar-refractivity contribution >= 4 is 29.5 Å². The molecule has 312 valence electrons. The number of likely N-dealkylation sites (tertiary alicyclic amines) is 1. The molecule has 13 nitrogen and oxygen atoms in total. The van der Waals surface area contributed by atoms with Gasteiger partial charge in [0.1, 0.15) is 12.1 Å². The third kappa shape index (κ3) is 13.0. The minimum atomic E-state index is -0.774. The third-order valence-electron chi connectivity index (χ3n) is 11.2. The highest BCUT2D eigenvalue weighted by Gasteiger charge is 2.43. The summed E-state index contributed by atoms with van der Waals surface area (Å²) in [5.74, 6) is -2.02. The number of methoxy groups -OCH3 is 2. The Kier molecular flexibility index (Phi) is 19.8. The van der Waals surface area contributed by atoms with Gasteiger partial charge < -0.3 is 35.2 Å². The van der Waals surface area contributed by atoms with E-state index in [2.05, 4.69) is 16.0 Å². The van der Waals surface area contributed by atoms with E-state index in [-0.39, 0.29) is 59.8 Å². The molecule has 0 aliphatic carbocycles. The highest BCUT2D eigenvalue weighted by molar-refractivity contribution is 5.90. The largest absolute Gasteiger partial charge is 0.379 e. The van der Waals surface area contributed by atoms with Gasteiger partial charge in [-0.05, 0) is 57.2 Å². The summed E-state index contributed by atoms with van der Waals surface area (Å²) in [7, 11) is 8.55. The lowest BCUT2D eigenvalue weighted by molar-refractivity contribution is -0.148. The summed E-state index contributed by atoms with van der Waals surface area (Å²) < 4.78 is 12.0. The number of nitrogens with zero attached hydrogens (tertiary/aromatic N) is 3. The number of nitrogens with one attached hydrogen (secondary N) is 3. The van der Waals surface area contributed by atoms with E-state index in [1.54, 1.807) is 38.0 Å². The Bertz CT molecular complexity index is 1370. The number of rotatable bonds is 22.